The molecule has 0 unspecified atom stereocenters. The predicted octanol–water partition coefficient (Wildman–Crippen LogP) is 3.24. The summed E-state index contributed by atoms with van der Waals surface area (Å²) in [4.78, 5) is 15.7. The van der Waals surface area contributed by atoms with Crippen LogP contribution in [0.3, 0.4) is 0 Å². The molecule has 0 bridgehead atoms. The van der Waals surface area contributed by atoms with Crippen molar-refractivity contribution in [2.75, 3.05) is 6.54 Å². The first-order valence-corrected chi connectivity index (χ1v) is 8.94. The summed E-state index contributed by atoms with van der Waals surface area (Å²) in [5, 5.41) is 10.8. The molecular weight excluding hydrogens is 344 g/mol. The largest absolute Gasteiger partial charge is 0.333 e. The number of nitrogens with zero attached hydrogens (tertiary/aromatic N) is 4. The minimum Gasteiger partial charge on any atom is -0.333 e. The van der Waals surface area contributed by atoms with Crippen LogP contribution in [0.5, 0.6) is 0 Å². The smallest absolute Gasteiger partial charge is 0.276 e. The van der Waals surface area contributed by atoms with Crippen molar-refractivity contribution in [1.29, 1.82) is 0 Å². The highest BCUT2D eigenvalue weighted by atomic mass is 35.5. The maximum atomic E-state index is 12.7. The highest BCUT2D eigenvalue weighted by molar-refractivity contribution is 7.09. The van der Waals surface area contributed by atoms with Crippen LogP contribution in [0.4, 0.5) is 0 Å². The van der Waals surface area contributed by atoms with Gasteiger partial charge in [-0.2, -0.15) is 0 Å². The lowest BCUT2D eigenvalue weighted by atomic mass is 10.00. The molecule has 1 amide bonds. The highest BCUT2D eigenvalue weighted by Crippen LogP contribution is 2.23. The Balaban J connectivity index is 1.49. The lowest BCUT2D eigenvalue weighted by molar-refractivity contribution is 0.0728. The molecule has 0 radical (unpaired) electrons. The van der Waals surface area contributed by atoms with Crippen molar-refractivity contribution < 1.29 is 4.79 Å². The van der Waals surface area contributed by atoms with E-state index in [1.165, 1.54) is 10.4 Å². The summed E-state index contributed by atoms with van der Waals surface area (Å²) < 4.78 is 1.70. The number of benzene rings is 1. The Hall–Kier alpha value is -2.18. The number of hydrogen-bond acceptors (Lipinski definition) is 4. The van der Waals surface area contributed by atoms with Gasteiger partial charge in [0, 0.05) is 23.0 Å². The number of thiophene rings is 1. The summed E-state index contributed by atoms with van der Waals surface area (Å²) in [6, 6.07) is 9.91. The number of fused-ring (bicyclic) bond motifs is 1. The summed E-state index contributed by atoms with van der Waals surface area (Å²) in [7, 11) is 0. The van der Waals surface area contributed by atoms with Crippen molar-refractivity contribution in [3.05, 3.63) is 68.6 Å². The lowest BCUT2D eigenvalue weighted by Crippen LogP contribution is -2.36. The molecule has 0 aliphatic carbocycles. The topological polar surface area (TPSA) is 51.0 Å². The molecule has 24 heavy (non-hydrogen) atoms. The minimum absolute atomic E-state index is 0.0851. The quantitative estimate of drug-likeness (QED) is 0.722. The zero-order chi connectivity index (χ0) is 16.5. The molecule has 0 fully saturated rings. The van der Waals surface area contributed by atoms with Gasteiger partial charge >= 0.3 is 0 Å². The van der Waals surface area contributed by atoms with E-state index in [0.29, 0.717) is 30.4 Å². The van der Waals surface area contributed by atoms with Crippen LogP contribution in [0.15, 0.2) is 41.9 Å². The summed E-state index contributed by atoms with van der Waals surface area (Å²) in [6.45, 7) is 1.88. The Bertz CT molecular complexity index is 875. The van der Waals surface area contributed by atoms with Crippen LogP contribution in [-0.4, -0.2) is 32.3 Å². The van der Waals surface area contributed by atoms with Crippen molar-refractivity contribution in [3.8, 4) is 0 Å². The third kappa shape index (κ3) is 3.07. The second kappa shape index (κ2) is 6.37. The number of aromatic nitrogens is 3. The van der Waals surface area contributed by atoms with E-state index < -0.39 is 0 Å². The van der Waals surface area contributed by atoms with Crippen LogP contribution in [0.1, 0.15) is 26.5 Å². The Morgan fingerprint density at radius 1 is 1.29 bits per heavy atom. The molecule has 3 aromatic rings. The normalized spacial score (nSPS) is 13.8. The Morgan fingerprint density at radius 3 is 3.04 bits per heavy atom. The summed E-state index contributed by atoms with van der Waals surface area (Å²) in [5.41, 5.74) is 2.75. The zero-order valence-corrected chi connectivity index (χ0v) is 14.4. The van der Waals surface area contributed by atoms with E-state index in [9.17, 15) is 4.79 Å². The van der Waals surface area contributed by atoms with Gasteiger partial charge in [-0.25, -0.2) is 4.68 Å². The Kier molecular flexibility index (Phi) is 4.08. The minimum atomic E-state index is -0.0851. The first kappa shape index (κ1) is 15.4. The average molecular weight is 359 g/mol. The predicted molar refractivity (Wildman–Crippen MR) is 93.3 cm³/mol. The summed E-state index contributed by atoms with van der Waals surface area (Å²) in [5.74, 6) is -0.0851. The van der Waals surface area contributed by atoms with Gasteiger partial charge in [0.05, 0.1) is 12.7 Å². The molecule has 122 valence electrons. The van der Waals surface area contributed by atoms with Crippen LogP contribution in [0, 0.1) is 0 Å². The van der Waals surface area contributed by atoms with Crippen molar-refractivity contribution in [2.24, 2.45) is 0 Å². The van der Waals surface area contributed by atoms with Crippen molar-refractivity contribution >= 4 is 28.8 Å². The number of carbonyl (C=O) groups is 1. The number of hydrogen-bond donors (Lipinski definition) is 0. The van der Waals surface area contributed by atoms with E-state index in [0.717, 1.165) is 12.0 Å². The van der Waals surface area contributed by atoms with Crippen LogP contribution in [0.25, 0.3) is 0 Å². The van der Waals surface area contributed by atoms with E-state index in [1.807, 2.05) is 35.7 Å². The van der Waals surface area contributed by atoms with E-state index in [1.54, 1.807) is 27.1 Å². The molecule has 0 N–H and O–H groups in total. The van der Waals surface area contributed by atoms with Crippen LogP contribution < -0.4 is 0 Å². The standard InChI is InChI=1S/C17H15ClN4OS/c18-14-4-3-12-5-6-21(9-13(12)8-14)17(23)16-11-22(20-19-16)10-15-2-1-7-24-15/h1-4,7-8,11H,5-6,9-10H2. The molecule has 0 saturated heterocycles. The van der Waals surface area contributed by atoms with E-state index in [-0.39, 0.29) is 5.91 Å². The molecule has 4 rings (SSSR count). The fourth-order valence-corrected chi connectivity index (χ4v) is 3.79. The van der Waals surface area contributed by atoms with Crippen LogP contribution in [0.2, 0.25) is 5.02 Å². The van der Waals surface area contributed by atoms with Gasteiger partial charge in [0.1, 0.15) is 0 Å². The molecule has 3 heterocycles. The van der Waals surface area contributed by atoms with Crippen molar-refractivity contribution in [3.63, 3.8) is 0 Å². The first-order chi connectivity index (χ1) is 11.7. The fourth-order valence-electron chi connectivity index (χ4n) is 2.90. The van der Waals surface area contributed by atoms with Gasteiger partial charge in [0.15, 0.2) is 5.69 Å². The molecule has 5 nitrogen and oxygen atoms in total. The highest BCUT2D eigenvalue weighted by Gasteiger charge is 2.24. The number of rotatable bonds is 3. The molecule has 7 heteroatoms. The van der Waals surface area contributed by atoms with Gasteiger partial charge < -0.3 is 4.90 Å². The van der Waals surface area contributed by atoms with Gasteiger partial charge in [-0.3, -0.25) is 4.79 Å². The van der Waals surface area contributed by atoms with E-state index >= 15 is 0 Å². The van der Waals surface area contributed by atoms with Crippen LogP contribution >= 0.6 is 22.9 Å². The monoisotopic (exact) mass is 358 g/mol. The second-order valence-corrected chi connectivity index (χ2v) is 7.24. The van der Waals surface area contributed by atoms with Crippen molar-refractivity contribution in [1.82, 2.24) is 19.9 Å². The molecule has 0 atom stereocenters. The number of carbonyl (C=O) groups excluding carboxylic acids is 1. The molecular formula is C17H15ClN4OS. The number of amides is 1. The van der Waals surface area contributed by atoms with Gasteiger partial charge in [-0.15, -0.1) is 16.4 Å². The van der Waals surface area contributed by atoms with Crippen LogP contribution in [-0.2, 0) is 19.5 Å². The Morgan fingerprint density at radius 2 is 2.21 bits per heavy atom. The first-order valence-electron chi connectivity index (χ1n) is 7.68. The van der Waals surface area contributed by atoms with E-state index in [4.69, 9.17) is 11.6 Å². The maximum absolute atomic E-state index is 12.7. The average Bonchev–Trinajstić information content (AvgIpc) is 3.26. The summed E-state index contributed by atoms with van der Waals surface area (Å²) >= 11 is 7.72. The molecule has 1 aliphatic rings. The molecule has 1 aliphatic heterocycles. The van der Waals surface area contributed by atoms with Crippen molar-refractivity contribution in [2.45, 2.75) is 19.5 Å². The third-order valence-corrected chi connectivity index (χ3v) is 5.22. The van der Waals surface area contributed by atoms with Gasteiger partial charge in [0.2, 0.25) is 0 Å². The number of halogens is 1. The maximum Gasteiger partial charge on any atom is 0.276 e. The zero-order valence-electron chi connectivity index (χ0n) is 12.9. The SMILES string of the molecule is O=C(c1cn(Cc2cccs2)nn1)N1CCc2ccc(Cl)cc2C1. The summed E-state index contributed by atoms with van der Waals surface area (Å²) in [6.07, 6.45) is 2.55. The molecule has 1 aromatic carbocycles. The molecule has 2 aromatic heterocycles. The van der Waals surface area contributed by atoms with Gasteiger partial charge in [-0.1, -0.05) is 28.9 Å². The lowest BCUT2D eigenvalue weighted by Gasteiger charge is -2.28. The van der Waals surface area contributed by atoms with E-state index in [2.05, 4.69) is 10.3 Å². The van der Waals surface area contributed by atoms with Gasteiger partial charge in [0.25, 0.3) is 5.91 Å². The molecule has 0 saturated carbocycles. The third-order valence-electron chi connectivity index (χ3n) is 4.12. The molecule has 0 spiro atoms. The second-order valence-electron chi connectivity index (χ2n) is 5.77. The fraction of sp³-hybridized carbons (Fsp3) is 0.235. The van der Waals surface area contributed by atoms with Gasteiger partial charge in [-0.05, 0) is 41.1 Å². The Labute approximate surface area is 148 Å².